The highest BCUT2D eigenvalue weighted by Gasteiger charge is 2.26. The zero-order chi connectivity index (χ0) is 14.8. The first-order valence-corrected chi connectivity index (χ1v) is 7.41. The minimum Gasteiger partial charge on any atom is -0.310 e. The summed E-state index contributed by atoms with van der Waals surface area (Å²) >= 11 is 6.09. The highest BCUT2D eigenvalue weighted by Crippen LogP contribution is 2.35. The molecule has 1 aromatic rings. The van der Waals surface area contributed by atoms with Crippen LogP contribution in [0.3, 0.4) is 0 Å². The molecule has 0 unspecified atom stereocenters. The number of hydrogen-bond acceptors (Lipinski definition) is 3. The van der Waals surface area contributed by atoms with E-state index in [0.717, 1.165) is 5.56 Å². The number of non-ortho nitro benzene ring substituents is 1. The van der Waals surface area contributed by atoms with E-state index in [4.69, 9.17) is 11.6 Å². The lowest BCUT2D eigenvalue weighted by Crippen LogP contribution is -2.35. The van der Waals surface area contributed by atoms with Crippen molar-refractivity contribution < 1.29 is 4.92 Å². The molecule has 110 valence electrons. The molecule has 0 atom stereocenters. The Hall–Kier alpha value is -1.13. The number of halogens is 1. The van der Waals surface area contributed by atoms with Crippen LogP contribution >= 0.6 is 11.6 Å². The summed E-state index contributed by atoms with van der Waals surface area (Å²) in [6.07, 6.45) is 4.83. The van der Waals surface area contributed by atoms with Gasteiger partial charge < -0.3 is 5.32 Å². The summed E-state index contributed by atoms with van der Waals surface area (Å²) in [5.74, 6) is 0. The van der Waals surface area contributed by atoms with Gasteiger partial charge in [-0.1, -0.05) is 25.4 Å². The van der Waals surface area contributed by atoms with Crippen molar-refractivity contribution >= 4 is 17.3 Å². The van der Waals surface area contributed by atoms with Gasteiger partial charge in [0.25, 0.3) is 5.69 Å². The maximum atomic E-state index is 10.7. The number of rotatable bonds is 4. The van der Waals surface area contributed by atoms with Gasteiger partial charge in [0.1, 0.15) is 0 Å². The predicted octanol–water partition coefficient (Wildman–Crippen LogP) is 4.31. The summed E-state index contributed by atoms with van der Waals surface area (Å²) in [6, 6.07) is 5.18. The number of nitro benzene ring substituents is 1. The quantitative estimate of drug-likeness (QED) is 0.665. The third-order valence-electron chi connectivity index (χ3n) is 4.17. The van der Waals surface area contributed by atoms with Crippen molar-refractivity contribution in [2.75, 3.05) is 0 Å². The zero-order valence-corrected chi connectivity index (χ0v) is 12.7. The highest BCUT2D eigenvalue weighted by molar-refractivity contribution is 6.31. The zero-order valence-electron chi connectivity index (χ0n) is 12.0. The molecule has 2 rings (SSSR count). The number of benzene rings is 1. The molecule has 1 saturated carbocycles. The topological polar surface area (TPSA) is 55.2 Å². The van der Waals surface area contributed by atoms with E-state index in [1.165, 1.54) is 37.8 Å². The van der Waals surface area contributed by atoms with Crippen molar-refractivity contribution in [2.45, 2.75) is 52.1 Å². The average molecular weight is 297 g/mol. The van der Waals surface area contributed by atoms with Gasteiger partial charge in [-0.25, -0.2) is 0 Å². The van der Waals surface area contributed by atoms with Gasteiger partial charge in [0.15, 0.2) is 0 Å². The second kappa shape index (κ2) is 6.10. The molecule has 1 aliphatic carbocycles. The Labute approximate surface area is 124 Å². The lowest BCUT2D eigenvalue weighted by Gasteiger charge is -2.34. The van der Waals surface area contributed by atoms with Gasteiger partial charge >= 0.3 is 0 Å². The van der Waals surface area contributed by atoms with Crippen LogP contribution in [0.25, 0.3) is 0 Å². The minimum atomic E-state index is -0.424. The maximum Gasteiger partial charge on any atom is 0.270 e. The summed E-state index contributed by atoms with van der Waals surface area (Å²) in [4.78, 5) is 10.2. The number of nitrogens with one attached hydrogen (secondary N) is 1. The first-order valence-electron chi connectivity index (χ1n) is 7.04. The number of nitrogens with zero attached hydrogens (tertiary/aromatic N) is 1. The summed E-state index contributed by atoms with van der Waals surface area (Å²) in [5.41, 5.74) is 1.42. The molecule has 1 fully saturated rings. The molecule has 0 saturated heterocycles. The van der Waals surface area contributed by atoms with Crippen molar-refractivity contribution in [3.8, 4) is 0 Å². The van der Waals surface area contributed by atoms with Gasteiger partial charge in [-0.15, -0.1) is 0 Å². The highest BCUT2D eigenvalue weighted by atomic mass is 35.5. The van der Waals surface area contributed by atoms with Crippen LogP contribution in [-0.4, -0.2) is 11.0 Å². The minimum absolute atomic E-state index is 0.0400. The Morgan fingerprint density at radius 3 is 2.60 bits per heavy atom. The monoisotopic (exact) mass is 296 g/mol. The molecule has 1 N–H and O–H groups in total. The van der Waals surface area contributed by atoms with Crippen molar-refractivity contribution in [1.29, 1.82) is 0 Å². The van der Waals surface area contributed by atoms with Gasteiger partial charge in [-0.2, -0.15) is 0 Å². The molecular formula is C15H21ClN2O2. The summed E-state index contributed by atoms with van der Waals surface area (Å²) in [7, 11) is 0. The fourth-order valence-electron chi connectivity index (χ4n) is 2.65. The molecule has 5 heteroatoms. The average Bonchev–Trinajstić information content (AvgIpc) is 2.38. The second-order valence-electron chi connectivity index (χ2n) is 6.35. The normalized spacial score (nSPS) is 18.9. The summed E-state index contributed by atoms with van der Waals surface area (Å²) < 4.78 is 0. The van der Waals surface area contributed by atoms with E-state index in [0.29, 0.717) is 23.0 Å². The first-order chi connectivity index (χ1) is 9.37. The molecule has 4 nitrogen and oxygen atoms in total. The van der Waals surface area contributed by atoms with E-state index < -0.39 is 4.92 Å². The Balaban J connectivity index is 1.90. The van der Waals surface area contributed by atoms with Crippen LogP contribution in [0.4, 0.5) is 5.69 Å². The van der Waals surface area contributed by atoms with Gasteiger partial charge in [0.05, 0.1) is 9.95 Å². The van der Waals surface area contributed by atoms with E-state index in [1.807, 2.05) is 0 Å². The lowest BCUT2D eigenvalue weighted by molar-refractivity contribution is -0.384. The first kappa shape index (κ1) is 15.3. The number of hydrogen-bond donors (Lipinski definition) is 1. The third-order valence-corrected chi connectivity index (χ3v) is 4.52. The smallest absolute Gasteiger partial charge is 0.270 e. The van der Waals surface area contributed by atoms with Crippen molar-refractivity contribution in [3.05, 3.63) is 38.9 Å². The molecule has 0 aromatic heterocycles. The van der Waals surface area contributed by atoms with E-state index in [2.05, 4.69) is 19.2 Å². The molecule has 1 aromatic carbocycles. The van der Waals surface area contributed by atoms with Crippen molar-refractivity contribution in [3.63, 3.8) is 0 Å². The van der Waals surface area contributed by atoms with Gasteiger partial charge in [-0.3, -0.25) is 10.1 Å². The van der Waals surface area contributed by atoms with Crippen molar-refractivity contribution in [1.82, 2.24) is 5.32 Å². The number of nitro groups is 1. The molecule has 0 aliphatic heterocycles. The molecule has 0 bridgehead atoms. The van der Waals surface area contributed by atoms with Crippen LogP contribution in [0.2, 0.25) is 5.02 Å². The second-order valence-corrected chi connectivity index (χ2v) is 6.76. The van der Waals surface area contributed by atoms with E-state index in [-0.39, 0.29) is 5.69 Å². The maximum absolute atomic E-state index is 10.7. The largest absolute Gasteiger partial charge is 0.310 e. The fourth-order valence-corrected chi connectivity index (χ4v) is 2.89. The molecule has 20 heavy (non-hydrogen) atoms. The Kier molecular flexibility index (Phi) is 4.66. The van der Waals surface area contributed by atoms with Crippen LogP contribution in [0.5, 0.6) is 0 Å². The van der Waals surface area contributed by atoms with Crippen LogP contribution in [0.15, 0.2) is 18.2 Å². The van der Waals surface area contributed by atoms with E-state index in [9.17, 15) is 10.1 Å². The third kappa shape index (κ3) is 3.93. The summed E-state index contributed by atoms with van der Waals surface area (Å²) in [5, 5.41) is 14.6. The van der Waals surface area contributed by atoms with Gasteiger partial charge in [0, 0.05) is 24.7 Å². The van der Waals surface area contributed by atoms with Crippen LogP contribution in [0, 0.1) is 15.5 Å². The van der Waals surface area contributed by atoms with Crippen LogP contribution < -0.4 is 5.32 Å². The molecule has 0 amide bonds. The van der Waals surface area contributed by atoms with Gasteiger partial charge in [0.2, 0.25) is 0 Å². The molecule has 0 heterocycles. The summed E-state index contributed by atoms with van der Waals surface area (Å²) in [6.45, 7) is 5.30. The fraction of sp³-hybridized carbons (Fsp3) is 0.600. The predicted molar refractivity (Wildman–Crippen MR) is 81.0 cm³/mol. The Morgan fingerprint density at radius 2 is 2.05 bits per heavy atom. The SMILES string of the molecule is CC1(C)CCC(NCc2ccc([N+](=O)[O-])cc2Cl)CC1. The molecule has 1 aliphatic rings. The van der Waals surface area contributed by atoms with E-state index in [1.54, 1.807) is 6.07 Å². The Bertz CT molecular complexity index is 493. The Morgan fingerprint density at radius 1 is 1.40 bits per heavy atom. The molecular weight excluding hydrogens is 276 g/mol. The lowest BCUT2D eigenvalue weighted by atomic mass is 9.75. The standard InChI is InChI=1S/C15H21ClN2O2/c1-15(2)7-5-12(6-8-15)17-10-11-3-4-13(18(19)20)9-14(11)16/h3-4,9,12,17H,5-8,10H2,1-2H3. The van der Waals surface area contributed by atoms with Crippen molar-refractivity contribution in [2.24, 2.45) is 5.41 Å². The molecule has 0 radical (unpaired) electrons. The van der Waals surface area contributed by atoms with Crippen LogP contribution in [0.1, 0.15) is 45.1 Å². The van der Waals surface area contributed by atoms with Crippen LogP contribution in [-0.2, 0) is 6.54 Å². The molecule has 0 spiro atoms. The van der Waals surface area contributed by atoms with Gasteiger partial charge in [-0.05, 0) is 42.7 Å². The van der Waals surface area contributed by atoms with E-state index >= 15 is 0 Å².